The number of benzene rings is 2. The summed E-state index contributed by atoms with van der Waals surface area (Å²) in [5, 5.41) is 2.79. The van der Waals surface area contributed by atoms with E-state index in [2.05, 4.69) is 11.9 Å². The smallest absolute Gasteiger partial charge is 0.248 e. The monoisotopic (exact) mass is 402 g/mol. The summed E-state index contributed by atoms with van der Waals surface area (Å²) in [4.78, 5) is 12.9. The van der Waals surface area contributed by atoms with Gasteiger partial charge in [0.15, 0.2) is 0 Å². The lowest BCUT2D eigenvalue weighted by molar-refractivity contribution is -0.117. The Hall–Kier alpha value is -2.80. The Morgan fingerprint density at radius 3 is 2.50 bits per heavy atom. The molecule has 0 saturated carbocycles. The SMILES string of the molecule is C=CCOc1cccc(NC(=O)[C@H](CC)N(c2ccc(C)cc2)S(C)(=O)=O)c1. The zero-order valence-corrected chi connectivity index (χ0v) is 17.2. The van der Waals surface area contributed by atoms with Crippen LogP contribution in [0.5, 0.6) is 5.75 Å². The minimum atomic E-state index is -3.66. The van der Waals surface area contributed by atoms with Crippen LogP contribution in [0.15, 0.2) is 61.2 Å². The Morgan fingerprint density at radius 2 is 1.93 bits per heavy atom. The highest BCUT2D eigenvalue weighted by atomic mass is 32.2. The fourth-order valence-electron chi connectivity index (χ4n) is 2.80. The van der Waals surface area contributed by atoms with E-state index in [0.29, 0.717) is 30.2 Å². The van der Waals surface area contributed by atoms with Crippen molar-refractivity contribution in [1.29, 1.82) is 0 Å². The van der Waals surface area contributed by atoms with E-state index in [-0.39, 0.29) is 0 Å². The Morgan fingerprint density at radius 1 is 1.25 bits per heavy atom. The van der Waals surface area contributed by atoms with E-state index in [1.54, 1.807) is 49.4 Å². The van der Waals surface area contributed by atoms with Gasteiger partial charge in [-0.15, -0.1) is 0 Å². The third-order valence-electron chi connectivity index (χ3n) is 4.09. The van der Waals surface area contributed by atoms with Gasteiger partial charge in [0.1, 0.15) is 18.4 Å². The first-order valence-corrected chi connectivity index (χ1v) is 10.8. The van der Waals surface area contributed by atoms with E-state index < -0.39 is 22.0 Å². The van der Waals surface area contributed by atoms with E-state index in [0.717, 1.165) is 11.8 Å². The van der Waals surface area contributed by atoms with Crippen molar-refractivity contribution >= 4 is 27.3 Å². The van der Waals surface area contributed by atoms with Crippen LogP contribution in [-0.2, 0) is 14.8 Å². The summed E-state index contributed by atoms with van der Waals surface area (Å²) >= 11 is 0. The van der Waals surface area contributed by atoms with Crippen molar-refractivity contribution in [3.63, 3.8) is 0 Å². The number of hydrogen-bond acceptors (Lipinski definition) is 4. The van der Waals surface area contributed by atoms with E-state index in [4.69, 9.17) is 4.74 Å². The molecule has 28 heavy (non-hydrogen) atoms. The average molecular weight is 403 g/mol. The van der Waals surface area contributed by atoms with E-state index >= 15 is 0 Å². The lowest BCUT2D eigenvalue weighted by Gasteiger charge is -2.30. The van der Waals surface area contributed by atoms with Gasteiger partial charge in [0, 0.05) is 11.8 Å². The van der Waals surface area contributed by atoms with Gasteiger partial charge in [-0.25, -0.2) is 8.42 Å². The van der Waals surface area contributed by atoms with E-state index in [9.17, 15) is 13.2 Å². The number of carbonyl (C=O) groups excluding carboxylic acids is 1. The van der Waals surface area contributed by atoms with Crippen molar-refractivity contribution in [1.82, 2.24) is 0 Å². The van der Waals surface area contributed by atoms with Crippen LogP contribution in [0.2, 0.25) is 0 Å². The first kappa shape index (κ1) is 21.5. The van der Waals surface area contributed by atoms with Gasteiger partial charge in [-0.05, 0) is 37.6 Å². The number of ether oxygens (including phenoxy) is 1. The molecule has 0 aliphatic heterocycles. The van der Waals surface area contributed by atoms with Gasteiger partial charge in [0.05, 0.1) is 11.9 Å². The van der Waals surface area contributed by atoms with Gasteiger partial charge < -0.3 is 10.1 Å². The first-order valence-electron chi connectivity index (χ1n) is 8.97. The quantitative estimate of drug-likeness (QED) is 0.648. The molecule has 6 nitrogen and oxygen atoms in total. The molecule has 2 aromatic rings. The number of hydrogen-bond donors (Lipinski definition) is 1. The summed E-state index contributed by atoms with van der Waals surface area (Å²) in [5.41, 5.74) is 1.99. The summed E-state index contributed by atoms with van der Waals surface area (Å²) in [6, 6.07) is 13.1. The topological polar surface area (TPSA) is 75.7 Å². The molecule has 0 aromatic heterocycles. The fraction of sp³-hybridized carbons (Fsp3) is 0.286. The van der Waals surface area contributed by atoms with Gasteiger partial charge in [0.2, 0.25) is 15.9 Å². The molecule has 0 unspecified atom stereocenters. The second kappa shape index (κ2) is 9.41. The molecule has 0 aliphatic carbocycles. The van der Waals surface area contributed by atoms with Gasteiger partial charge >= 0.3 is 0 Å². The molecular weight excluding hydrogens is 376 g/mol. The van der Waals surface area contributed by atoms with E-state index in [1.165, 1.54) is 4.31 Å². The molecule has 1 amide bonds. The van der Waals surface area contributed by atoms with Gasteiger partial charge in [0.25, 0.3) is 0 Å². The van der Waals surface area contributed by atoms with Gasteiger partial charge in [-0.3, -0.25) is 9.10 Å². The molecule has 0 heterocycles. The lowest BCUT2D eigenvalue weighted by Crippen LogP contribution is -2.47. The molecule has 2 rings (SSSR count). The number of amides is 1. The van der Waals surface area contributed by atoms with Crippen LogP contribution < -0.4 is 14.4 Å². The van der Waals surface area contributed by atoms with Crippen LogP contribution in [0.25, 0.3) is 0 Å². The number of nitrogens with one attached hydrogen (secondary N) is 1. The molecule has 150 valence electrons. The van der Waals surface area contributed by atoms with Crippen LogP contribution in [0.1, 0.15) is 18.9 Å². The summed E-state index contributed by atoms with van der Waals surface area (Å²) in [7, 11) is -3.66. The van der Waals surface area contributed by atoms with Crippen LogP contribution in [0.3, 0.4) is 0 Å². The van der Waals surface area contributed by atoms with E-state index in [1.807, 2.05) is 19.1 Å². The second-order valence-electron chi connectivity index (χ2n) is 6.44. The molecule has 0 saturated heterocycles. The normalized spacial score (nSPS) is 12.1. The van der Waals surface area contributed by atoms with Crippen molar-refractivity contribution < 1.29 is 17.9 Å². The predicted octanol–water partition coefficient (Wildman–Crippen LogP) is 3.74. The molecule has 0 spiro atoms. The maximum Gasteiger partial charge on any atom is 0.248 e. The largest absolute Gasteiger partial charge is 0.489 e. The number of rotatable bonds is 9. The third kappa shape index (κ3) is 5.60. The maximum absolute atomic E-state index is 12.9. The lowest BCUT2D eigenvalue weighted by atomic mass is 10.1. The first-order chi connectivity index (χ1) is 13.3. The number of carbonyl (C=O) groups is 1. The van der Waals surface area contributed by atoms with Crippen molar-refractivity contribution in [2.24, 2.45) is 0 Å². The van der Waals surface area contributed by atoms with Crippen LogP contribution in [0, 0.1) is 6.92 Å². The highest BCUT2D eigenvalue weighted by Crippen LogP contribution is 2.24. The molecule has 1 N–H and O–H groups in total. The van der Waals surface area contributed by atoms with Crippen LogP contribution >= 0.6 is 0 Å². The standard InChI is InChI=1S/C21H26N2O4S/c1-5-14-27-19-9-7-8-17(15-19)22-21(24)20(6-2)23(28(4,25)26)18-12-10-16(3)11-13-18/h5,7-13,15,20H,1,6,14H2,2-4H3,(H,22,24)/t20-/m0/s1. The van der Waals surface area contributed by atoms with Crippen LogP contribution in [-0.4, -0.2) is 33.2 Å². The average Bonchev–Trinajstić information content (AvgIpc) is 2.64. The van der Waals surface area contributed by atoms with Gasteiger partial charge in [-0.1, -0.05) is 43.3 Å². The minimum absolute atomic E-state index is 0.319. The minimum Gasteiger partial charge on any atom is -0.489 e. The second-order valence-corrected chi connectivity index (χ2v) is 8.29. The van der Waals surface area contributed by atoms with Gasteiger partial charge in [-0.2, -0.15) is 0 Å². The molecule has 1 atom stereocenters. The van der Waals surface area contributed by atoms with Crippen molar-refractivity contribution in [2.75, 3.05) is 22.5 Å². The zero-order valence-electron chi connectivity index (χ0n) is 16.4. The molecule has 7 heteroatoms. The molecule has 0 bridgehead atoms. The molecule has 0 aliphatic rings. The Balaban J connectivity index is 2.29. The summed E-state index contributed by atoms with van der Waals surface area (Å²) in [5.74, 6) is 0.179. The Bertz CT molecular complexity index is 924. The van der Waals surface area contributed by atoms with Crippen LogP contribution in [0.4, 0.5) is 11.4 Å². The number of aryl methyl sites for hydroxylation is 1. The number of nitrogens with zero attached hydrogens (tertiary/aromatic N) is 1. The molecule has 2 aromatic carbocycles. The zero-order chi connectivity index (χ0) is 20.7. The maximum atomic E-state index is 12.9. The Kier molecular flexibility index (Phi) is 7.23. The number of anilines is 2. The predicted molar refractivity (Wildman–Crippen MR) is 113 cm³/mol. The summed E-state index contributed by atoms with van der Waals surface area (Å²) in [6.07, 6.45) is 3.05. The molecule has 0 fully saturated rings. The number of sulfonamides is 1. The summed E-state index contributed by atoms with van der Waals surface area (Å²) < 4.78 is 31.6. The van der Waals surface area contributed by atoms with Crippen molar-refractivity contribution in [3.05, 3.63) is 66.7 Å². The third-order valence-corrected chi connectivity index (χ3v) is 5.27. The molecular formula is C21H26N2O4S. The highest BCUT2D eigenvalue weighted by Gasteiger charge is 2.31. The molecule has 0 radical (unpaired) electrons. The Labute approximate surface area is 166 Å². The summed E-state index contributed by atoms with van der Waals surface area (Å²) in [6.45, 7) is 7.65. The van der Waals surface area contributed by atoms with Crippen molar-refractivity contribution in [2.45, 2.75) is 26.3 Å². The highest BCUT2D eigenvalue weighted by molar-refractivity contribution is 7.92. The fourth-order valence-corrected chi connectivity index (χ4v) is 4.01. The van der Waals surface area contributed by atoms with Crippen molar-refractivity contribution in [3.8, 4) is 5.75 Å².